The van der Waals surface area contributed by atoms with E-state index in [0.717, 1.165) is 10.9 Å². The van der Waals surface area contributed by atoms with Crippen LogP contribution < -0.4 is 0 Å². The van der Waals surface area contributed by atoms with Crippen LogP contribution >= 0.6 is 43.2 Å². The molecule has 1 heterocycles. The maximum Gasteiger partial charge on any atom is 0.0529 e. The Balaban J connectivity index is 2.06. The summed E-state index contributed by atoms with van der Waals surface area (Å²) in [4.78, 5) is 1.82. The molecule has 0 nitrogen and oxygen atoms in total. The van der Waals surface area contributed by atoms with Crippen LogP contribution in [-0.2, 0) is 6.42 Å². The second kappa shape index (κ2) is 5.28. The molecule has 0 saturated carbocycles. The molecule has 0 fully saturated rings. The summed E-state index contributed by atoms with van der Waals surface area (Å²) in [6.45, 7) is 0. The van der Waals surface area contributed by atoms with Gasteiger partial charge in [0.15, 0.2) is 0 Å². The summed E-state index contributed by atoms with van der Waals surface area (Å²) >= 11 is 8.96. The van der Waals surface area contributed by atoms with Crippen LogP contribution in [0.4, 0.5) is 0 Å². The van der Waals surface area contributed by atoms with E-state index in [2.05, 4.69) is 73.6 Å². The van der Waals surface area contributed by atoms with E-state index in [4.69, 9.17) is 0 Å². The molecule has 2 rings (SSSR count). The summed E-state index contributed by atoms with van der Waals surface area (Å²) in [5, 5.41) is 2.12. The predicted octanol–water partition coefficient (Wildman–Crippen LogP) is 5.19. The SMILES string of the molecule is Brc1ccc(CC(Br)c2cccs2)cc1. The van der Waals surface area contributed by atoms with Crippen molar-refractivity contribution in [3.8, 4) is 0 Å². The standard InChI is InChI=1S/C12H10Br2S/c13-10-5-3-9(4-6-10)8-11(14)12-2-1-7-15-12/h1-7,11H,8H2. The highest BCUT2D eigenvalue weighted by atomic mass is 79.9. The number of thiophene rings is 1. The Kier molecular flexibility index (Phi) is 4.00. The van der Waals surface area contributed by atoms with Gasteiger partial charge >= 0.3 is 0 Å². The number of benzene rings is 1. The predicted molar refractivity (Wildman–Crippen MR) is 73.8 cm³/mol. The summed E-state index contributed by atoms with van der Waals surface area (Å²) in [7, 11) is 0. The van der Waals surface area contributed by atoms with Crippen molar-refractivity contribution in [2.75, 3.05) is 0 Å². The Bertz CT molecular complexity index is 406. The maximum absolute atomic E-state index is 3.72. The van der Waals surface area contributed by atoms with E-state index in [1.165, 1.54) is 10.4 Å². The van der Waals surface area contributed by atoms with Crippen LogP contribution in [0.1, 0.15) is 15.3 Å². The first-order chi connectivity index (χ1) is 7.25. The Hall–Kier alpha value is -0.120. The van der Waals surface area contributed by atoms with Crippen molar-refractivity contribution in [3.63, 3.8) is 0 Å². The van der Waals surface area contributed by atoms with Crippen molar-refractivity contribution in [1.82, 2.24) is 0 Å². The van der Waals surface area contributed by atoms with Gasteiger partial charge in [-0.2, -0.15) is 0 Å². The van der Waals surface area contributed by atoms with Gasteiger partial charge in [0.25, 0.3) is 0 Å². The largest absolute Gasteiger partial charge is 0.148 e. The van der Waals surface area contributed by atoms with Crippen molar-refractivity contribution in [3.05, 3.63) is 56.7 Å². The van der Waals surface area contributed by atoms with Crippen LogP contribution in [0.2, 0.25) is 0 Å². The van der Waals surface area contributed by atoms with Crippen molar-refractivity contribution < 1.29 is 0 Å². The first kappa shape index (κ1) is 11.4. The lowest BCUT2D eigenvalue weighted by atomic mass is 10.1. The van der Waals surface area contributed by atoms with E-state index in [-0.39, 0.29) is 0 Å². The molecule has 1 aromatic heterocycles. The fourth-order valence-electron chi connectivity index (χ4n) is 1.40. The average Bonchev–Trinajstić information content (AvgIpc) is 2.74. The molecule has 1 aromatic carbocycles. The molecule has 0 saturated heterocycles. The van der Waals surface area contributed by atoms with Crippen molar-refractivity contribution in [1.29, 1.82) is 0 Å². The van der Waals surface area contributed by atoms with Crippen molar-refractivity contribution in [2.45, 2.75) is 11.2 Å². The number of alkyl halides is 1. The zero-order chi connectivity index (χ0) is 10.7. The number of halogens is 2. The molecule has 0 aliphatic rings. The van der Waals surface area contributed by atoms with E-state index in [9.17, 15) is 0 Å². The van der Waals surface area contributed by atoms with Crippen LogP contribution in [0.5, 0.6) is 0 Å². The first-order valence-corrected chi connectivity index (χ1v) is 7.26. The molecule has 3 heteroatoms. The van der Waals surface area contributed by atoms with Gasteiger partial charge < -0.3 is 0 Å². The molecule has 0 spiro atoms. The fraction of sp³-hybridized carbons (Fsp3) is 0.167. The molecule has 1 unspecified atom stereocenters. The third-order valence-corrected chi connectivity index (χ3v) is 4.81. The van der Waals surface area contributed by atoms with E-state index < -0.39 is 0 Å². The Morgan fingerprint density at radius 2 is 1.87 bits per heavy atom. The van der Waals surface area contributed by atoms with Crippen LogP contribution in [0.3, 0.4) is 0 Å². The summed E-state index contributed by atoms with van der Waals surface area (Å²) in [6, 6.07) is 12.8. The second-order valence-corrected chi connectivity index (χ2v) is 6.31. The molecule has 78 valence electrons. The molecule has 0 amide bonds. The fourth-order valence-corrected chi connectivity index (χ4v) is 3.21. The lowest BCUT2D eigenvalue weighted by Crippen LogP contribution is -1.92. The minimum atomic E-state index is 0.429. The van der Waals surface area contributed by atoms with E-state index in [0.29, 0.717) is 4.83 Å². The van der Waals surface area contributed by atoms with Crippen LogP contribution in [0, 0.1) is 0 Å². The molecule has 0 aliphatic carbocycles. The van der Waals surface area contributed by atoms with Gasteiger partial charge in [-0.1, -0.05) is 50.1 Å². The van der Waals surface area contributed by atoms with Gasteiger partial charge in [-0.25, -0.2) is 0 Å². The quantitative estimate of drug-likeness (QED) is 0.671. The molecule has 0 aliphatic heterocycles. The molecular weight excluding hydrogens is 336 g/mol. The van der Waals surface area contributed by atoms with E-state index in [1.54, 1.807) is 11.3 Å². The third kappa shape index (κ3) is 3.16. The molecule has 15 heavy (non-hydrogen) atoms. The van der Waals surface area contributed by atoms with Crippen LogP contribution in [0.25, 0.3) is 0 Å². The Morgan fingerprint density at radius 1 is 1.13 bits per heavy atom. The van der Waals surface area contributed by atoms with Gasteiger partial charge in [0, 0.05) is 9.35 Å². The Labute approximate surface area is 111 Å². The zero-order valence-electron chi connectivity index (χ0n) is 7.99. The topological polar surface area (TPSA) is 0 Å². The van der Waals surface area contributed by atoms with Gasteiger partial charge in [-0.15, -0.1) is 11.3 Å². The lowest BCUT2D eigenvalue weighted by molar-refractivity contribution is 0.969. The van der Waals surface area contributed by atoms with Gasteiger partial charge in [0.2, 0.25) is 0 Å². The second-order valence-electron chi connectivity index (χ2n) is 3.31. The zero-order valence-corrected chi connectivity index (χ0v) is 12.0. The summed E-state index contributed by atoms with van der Waals surface area (Å²) in [5.41, 5.74) is 1.36. The lowest BCUT2D eigenvalue weighted by Gasteiger charge is -2.07. The minimum Gasteiger partial charge on any atom is -0.148 e. The van der Waals surface area contributed by atoms with E-state index >= 15 is 0 Å². The van der Waals surface area contributed by atoms with Gasteiger partial charge in [-0.05, 0) is 35.6 Å². The summed E-state index contributed by atoms with van der Waals surface area (Å²) in [5.74, 6) is 0. The van der Waals surface area contributed by atoms with Crippen molar-refractivity contribution >= 4 is 43.2 Å². The van der Waals surface area contributed by atoms with E-state index in [1.807, 2.05) is 0 Å². The number of hydrogen-bond donors (Lipinski definition) is 0. The molecule has 0 bridgehead atoms. The highest BCUT2D eigenvalue weighted by Crippen LogP contribution is 2.30. The molecular formula is C12H10Br2S. The van der Waals surface area contributed by atoms with Crippen LogP contribution in [-0.4, -0.2) is 0 Å². The monoisotopic (exact) mass is 344 g/mol. The highest BCUT2D eigenvalue weighted by molar-refractivity contribution is 9.10. The minimum absolute atomic E-state index is 0.429. The summed E-state index contributed by atoms with van der Waals surface area (Å²) < 4.78 is 1.13. The van der Waals surface area contributed by atoms with Crippen molar-refractivity contribution in [2.24, 2.45) is 0 Å². The normalized spacial score (nSPS) is 12.7. The number of hydrogen-bond acceptors (Lipinski definition) is 1. The van der Waals surface area contributed by atoms with Gasteiger partial charge in [-0.3, -0.25) is 0 Å². The highest BCUT2D eigenvalue weighted by Gasteiger charge is 2.08. The third-order valence-electron chi connectivity index (χ3n) is 2.18. The molecule has 2 aromatic rings. The Morgan fingerprint density at radius 3 is 2.47 bits per heavy atom. The smallest absolute Gasteiger partial charge is 0.0529 e. The number of rotatable bonds is 3. The molecule has 1 atom stereocenters. The molecule has 0 radical (unpaired) electrons. The first-order valence-electron chi connectivity index (χ1n) is 4.67. The summed E-state index contributed by atoms with van der Waals surface area (Å²) in [6.07, 6.45) is 1.04. The van der Waals surface area contributed by atoms with Gasteiger partial charge in [0.05, 0.1) is 4.83 Å². The maximum atomic E-state index is 3.72. The van der Waals surface area contributed by atoms with Crippen LogP contribution in [0.15, 0.2) is 46.3 Å². The van der Waals surface area contributed by atoms with Gasteiger partial charge in [0.1, 0.15) is 0 Å². The average molecular weight is 346 g/mol. The molecule has 0 N–H and O–H groups in total.